The average molecular weight is 428 g/mol. The number of ether oxygens (including phenoxy) is 1. The molecule has 0 spiro atoms. The maximum absolute atomic E-state index is 13.4. The fourth-order valence-corrected chi connectivity index (χ4v) is 4.34. The number of hydrogen-bond acceptors (Lipinski definition) is 4. The lowest BCUT2D eigenvalue weighted by Crippen LogP contribution is -2.50. The summed E-state index contributed by atoms with van der Waals surface area (Å²) in [5.41, 5.74) is 0. The van der Waals surface area contributed by atoms with Crippen molar-refractivity contribution < 1.29 is 31.1 Å². The van der Waals surface area contributed by atoms with Gasteiger partial charge in [0, 0.05) is 26.2 Å². The van der Waals surface area contributed by atoms with Gasteiger partial charge in [-0.2, -0.15) is 4.31 Å². The predicted octanol–water partition coefficient (Wildman–Crippen LogP) is 2.41. The van der Waals surface area contributed by atoms with E-state index in [4.69, 9.17) is 4.74 Å². The van der Waals surface area contributed by atoms with Gasteiger partial charge in [-0.15, -0.1) is 0 Å². The van der Waals surface area contributed by atoms with Gasteiger partial charge in [-0.05, 0) is 42.5 Å². The quantitative estimate of drug-likeness (QED) is 0.709. The minimum atomic E-state index is -3.97. The smallest absolute Gasteiger partial charge is 0.243 e. The molecule has 0 unspecified atom stereocenters. The number of carbonyl (C=O) groups is 1. The Labute approximate surface area is 166 Å². The SMILES string of the molecule is O=C(CCOc1ccc(F)cc1)N1CCN(S(=O)(=O)c2ccc(F)c(F)c2)CC1. The maximum Gasteiger partial charge on any atom is 0.243 e. The molecule has 3 rings (SSSR count). The number of nitrogens with zero attached hydrogens (tertiary/aromatic N) is 2. The molecule has 29 heavy (non-hydrogen) atoms. The molecule has 1 heterocycles. The highest BCUT2D eigenvalue weighted by Crippen LogP contribution is 2.20. The van der Waals surface area contributed by atoms with E-state index in [0.717, 1.165) is 16.4 Å². The monoisotopic (exact) mass is 428 g/mol. The highest BCUT2D eigenvalue weighted by Gasteiger charge is 2.30. The third-order valence-electron chi connectivity index (χ3n) is 4.52. The number of carbonyl (C=O) groups excluding carboxylic acids is 1. The van der Waals surface area contributed by atoms with Crippen LogP contribution in [0.5, 0.6) is 5.75 Å². The van der Waals surface area contributed by atoms with Crippen LogP contribution in [0.1, 0.15) is 6.42 Å². The molecule has 1 fully saturated rings. The van der Waals surface area contributed by atoms with Crippen LogP contribution in [0.15, 0.2) is 47.4 Å². The van der Waals surface area contributed by atoms with E-state index in [2.05, 4.69) is 0 Å². The molecule has 156 valence electrons. The van der Waals surface area contributed by atoms with Crippen LogP contribution in [0.4, 0.5) is 13.2 Å². The first kappa shape index (κ1) is 21.1. The van der Waals surface area contributed by atoms with Gasteiger partial charge in [0.1, 0.15) is 11.6 Å². The zero-order valence-electron chi connectivity index (χ0n) is 15.4. The van der Waals surface area contributed by atoms with E-state index in [1.165, 1.54) is 29.2 Å². The van der Waals surface area contributed by atoms with Crippen LogP contribution < -0.4 is 4.74 Å². The summed E-state index contributed by atoms with van der Waals surface area (Å²) in [7, 11) is -3.97. The maximum atomic E-state index is 13.4. The number of piperazine rings is 1. The van der Waals surface area contributed by atoms with Gasteiger partial charge in [-0.1, -0.05) is 0 Å². The van der Waals surface area contributed by atoms with Crippen LogP contribution in [0.3, 0.4) is 0 Å². The fourth-order valence-electron chi connectivity index (χ4n) is 2.91. The molecule has 1 amide bonds. The first-order valence-corrected chi connectivity index (χ1v) is 10.3. The van der Waals surface area contributed by atoms with Gasteiger partial charge >= 0.3 is 0 Å². The highest BCUT2D eigenvalue weighted by atomic mass is 32.2. The molecule has 1 saturated heterocycles. The minimum absolute atomic E-state index is 0.0475. The summed E-state index contributed by atoms with van der Waals surface area (Å²) >= 11 is 0. The van der Waals surface area contributed by atoms with E-state index in [1.54, 1.807) is 0 Å². The van der Waals surface area contributed by atoms with Crippen molar-refractivity contribution in [2.24, 2.45) is 0 Å². The number of amides is 1. The Morgan fingerprint density at radius 2 is 1.59 bits per heavy atom. The van der Waals surface area contributed by atoms with Crippen molar-refractivity contribution in [2.45, 2.75) is 11.3 Å². The Hall–Kier alpha value is -2.59. The van der Waals surface area contributed by atoms with E-state index in [9.17, 15) is 26.4 Å². The van der Waals surface area contributed by atoms with Crippen molar-refractivity contribution in [2.75, 3.05) is 32.8 Å². The largest absolute Gasteiger partial charge is 0.493 e. The molecule has 0 N–H and O–H groups in total. The zero-order valence-corrected chi connectivity index (χ0v) is 16.2. The van der Waals surface area contributed by atoms with E-state index >= 15 is 0 Å². The first-order chi connectivity index (χ1) is 13.8. The van der Waals surface area contributed by atoms with Crippen LogP contribution in [0, 0.1) is 17.5 Å². The van der Waals surface area contributed by atoms with Gasteiger partial charge in [0.05, 0.1) is 17.9 Å². The van der Waals surface area contributed by atoms with Crippen LogP contribution in [-0.4, -0.2) is 56.3 Å². The van der Waals surface area contributed by atoms with Gasteiger partial charge in [0.15, 0.2) is 11.6 Å². The fraction of sp³-hybridized carbons (Fsp3) is 0.316. The number of hydrogen-bond donors (Lipinski definition) is 0. The lowest BCUT2D eigenvalue weighted by Gasteiger charge is -2.34. The standard InChI is InChI=1S/C19H19F3N2O4S/c20-14-1-3-15(4-2-14)28-12-7-19(25)23-8-10-24(11-9-23)29(26,27)16-5-6-17(21)18(22)13-16/h1-6,13H,7-12H2. The number of sulfonamides is 1. The third kappa shape index (κ3) is 5.07. The second-order valence-corrected chi connectivity index (χ2v) is 8.35. The minimum Gasteiger partial charge on any atom is -0.493 e. The second-order valence-electron chi connectivity index (χ2n) is 6.41. The summed E-state index contributed by atoms with van der Waals surface area (Å²) in [5, 5.41) is 0. The predicted molar refractivity (Wildman–Crippen MR) is 98.2 cm³/mol. The lowest BCUT2D eigenvalue weighted by atomic mass is 10.3. The molecular formula is C19H19F3N2O4S. The van der Waals surface area contributed by atoms with Crippen molar-refractivity contribution in [1.29, 1.82) is 0 Å². The van der Waals surface area contributed by atoms with Crippen molar-refractivity contribution >= 4 is 15.9 Å². The van der Waals surface area contributed by atoms with Crippen LogP contribution in [-0.2, 0) is 14.8 Å². The van der Waals surface area contributed by atoms with E-state index in [-0.39, 0.29) is 55.8 Å². The molecule has 0 bridgehead atoms. The van der Waals surface area contributed by atoms with Gasteiger partial charge < -0.3 is 9.64 Å². The zero-order chi connectivity index (χ0) is 21.0. The number of rotatable bonds is 6. The van der Waals surface area contributed by atoms with Crippen LogP contribution in [0.25, 0.3) is 0 Å². The topological polar surface area (TPSA) is 66.9 Å². The van der Waals surface area contributed by atoms with Gasteiger partial charge in [0.25, 0.3) is 0 Å². The Morgan fingerprint density at radius 1 is 0.931 bits per heavy atom. The Kier molecular flexibility index (Phi) is 6.43. The molecular weight excluding hydrogens is 409 g/mol. The Balaban J connectivity index is 1.50. The third-order valence-corrected chi connectivity index (χ3v) is 6.41. The van der Waals surface area contributed by atoms with E-state index < -0.39 is 21.7 Å². The summed E-state index contributed by atoms with van der Waals surface area (Å²) in [6, 6.07) is 7.85. The Morgan fingerprint density at radius 3 is 2.21 bits per heavy atom. The molecule has 2 aromatic carbocycles. The molecule has 0 atom stereocenters. The van der Waals surface area contributed by atoms with E-state index in [0.29, 0.717) is 11.8 Å². The highest BCUT2D eigenvalue weighted by molar-refractivity contribution is 7.89. The average Bonchev–Trinajstić information content (AvgIpc) is 2.71. The van der Waals surface area contributed by atoms with Gasteiger partial charge in [0.2, 0.25) is 15.9 Å². The van der Waals surface area contributed by atoms with Crippen LogP contribution in [0.2, 0.25) is 0 Å². The first-order valence-electron chi connectivity index (χ1n) is 8.89. The van der Waals surface area contributed by atoms with E-state index in [1.807, 2.05) is 0 Å². The summed E-state index contributed by atoms with van der Waals surface area (Å²) in [6.07, 6.45) is 0.0906. The molecule has 10 heteroatoms. The molecule has 1 aliphatic heterocycles. The van der Waals surface area contributed by atoms with Crippen molar-refractivity contribution in [1.82, 2.24) is 9.21 Å². The molecule has 6 nitrogen and oxygen atoms in total. The molecule has 0 saturated carbocycles. The molecule has 1 aliphatic rings. The second kappa shape index (κ2) is 8.83. The van der Waals surface area contributed by atoms with Crippen LogP contribution >= 0.6 is 0 Å². The summed E-state index contributed by atoms with van der Waals surface area (Å²) in [5.74, 6) is -2.49. The molecule has 0 radical (unpaired) electrons. The number of benzene rings is 2. The van der Waals surface area contributed by atoms with Gasteiger partial charge in [-0.25, -0.2) is 21.6 Å². The lowest BCUT2D eigenvalue weighted by molar-refractivity contribution is -0.132. The normalized spacial score (nSPS) is 15.3. The summed E-state index contributed by atoms with van der Waals surface area (Å²) < 4.78 is 70.9. The van der Waals surface area contributed by atoms with Crippen molar-refractivity contribution in [3.63, 3.8) is 0 Å². The number of halogens is 3. The van der Waals surface area contributed by atoms with Crippen molar-refractivity contribution in [3.05, 3.63) is 59.9 Å². The molecule has 0 aromatic heterocycles. The molecule has 2 aromatic rings. The summed E-state index contributed by atoms with van der Waals surface area (Å²) in [4.78, 5) is 13.5. The molecule has 0 aliphatic carbocycles. The van der Waals surface area contributed by atoms with Crippen molar-refractivity contribution in [3.8, 4) is 5.75 Å². The van der Waals surface area contributed by atoms with Gasteiger partial charge in [-0.3, -0.25) is 4.79 Å². The Bertz CT molecular complexity index is 975. The summed E-state index contributed by atoms with van der Waals surface area (Å²) in [6.45, 7) is 0.562.